The molecule has 1 atom stereocenters. The van der Waals surface area contributed by atoms with E-state index in [0.717, 1.165) is 4.90 Å². The fourth-order valence-corrected chi connectivity index (χ4v) is 2.25. The van der Waals surface area contributed by atoms with Crippen LogP contribution in [0.1, 0.15) is 27.2 Å². The summed E-state index contributed by atoms with van der Waals surface area (Å²) in [7, 11) is 0. The van der Waals surface area contributed by atoms with Gasteiger partial charge in [0, 0.05) is 16.7 Å². The van der Waals surface area contributed by atoms with E-state index in [9.17, 15) is 4.79 Å². The van der Waals surface area contributed by atoms with Gasteiger partial charge in [-0.25, -0.2) is 0 Å². The van der Waals surface area contributed by atoms with Gasteiger partial charge in [-0.15, -0.1) is 11.8 Å². The minimum atomic E-state index is -0.441. The normalized spacial score (nSPS) is 13.1. The van der Waals surface area contributed by atoms with Gasteiger partial charge in [0.15, 0.2) is 0 Å². The Kier molecular flexibility index (Phi) is 5.69. The van der Waals surface area contributed by atoms with Crippen LogP contribution >= 0.6 is 11.8 Å². The highest BCUT2D eigenvalue weighted by Gasteiger charge is 2.18. The highest BCUT2D eigenvalue weighted by molar-refractivity contribution is 7.99. The number of esters is 1. The third-order valence-corrected chi connectivity index (χ3v) is 3.26. The van der Waals surface area contributed by atoms with Gasteiger partial charge in [-0.05, 0) is 32.9 Å². The molecular formula is C14H21NO2S. The molecule has 0 aliphatic carbocycles. The molecular weight excluding hydrogens is 246 g/mol. The molecule has 1 aromatic carbocycles. The van der Waals surface area contributed by atoms with Crippen molar-refractivity contribution in [3.05, 3.63) is 30.3 Å². The lowest BCUT2D eigenvalue weighted by molar-refractivity contribution is -0.155. The van der Waals surface area contributed by atoms with Gasteiger partial charge < -0.3 is 10.5 Å². The maximum Gasteiger partial charge on any atom is 0.307 e. The first-order valence-corrected chi connectivity index (χ1v) is 7.00. The zero-order chi connectivity index (χ0) is 13.6. The molecule has 0 bridgehead atoms. The Bertz CT molecular complexity index is 373. The molecule has 3 nitrogen and oxygen atoms in total. The maximum atomic E-state index is 11.6. The van der Waals surface area contributed by atoms with Crippen LogP contribution in [-0.2, 0) is 9.53 Å². The zero-order valence-corrected chi connectivity index (χ0v) is 12.0. The van der Waals surface area contributed by atoms with Crippen LogP contribution in [0.2, 0.25) is 0 Å². The number of benzene rings is 1. The first-order valence-electron chi connectivity index (χ1n) is 6.02. The van der Waals surface area contributed by atoms with Crippen LogP contribution in [0.4, 0.5) is 0 Å². The first kappa shape index (κ1) is 15.1. The van der Waals surface area contributed by atoms with Gasteiger partial charge in [0.05, 0.1) is 6.42 Å². The number of rotatable bonds is 5. The van der Waals surface area contributed by atoms with Gasteiger partial charge in [-0.2, -0.15) is 0 Å². The molecule has 0 radical (unpaired) electrons. The molecule has 2 N–H and O–H groups in total. The molecule has 100 valence electrons. The highest BCUT2D eigenvalue weighted by atomic mass is 32.2. The molecule has 0 saturated heterocycles. The summed E-state index contributed by atoms with van der Waals surface area (Å²) in [6.45, 7) is 5.57. The molecule has 1 rings (SSSR count). The predicted octanol–water partition coefficient (Wildman–Crippen LogP) is 2.84. The topological polar surface area (TPSA) is 52.3 Å². The summed E-state index contributed by atoms with van der Waals surface area (Å²) in [4.78, 5) is 12.7. The second kappa shape index (κ2) is 6.81. The molecule has 0 aliphatic heterocycles. The van der Waals surface area contributed by atoms with Crippen LogP contribution in [0, 0.1) is 0 Å². The van der Waals surface area contributed by atoms with Crippen LogP contribution in [0.3, 0.4) is 0 Å². The van der Waals surface area contributed by atoms with Crippen molar-refractivity contribution in [2.45, 2.75) is 43.7 Å². The number of hydrogen-bond acceptors (Lipinski definition) is 4. The van der Waals surface area contributed by atoms with Gasteiger partial charge in [0.25, 0.3) is 0 Å². The van der Waals surface area contributed by atoms with E-state index in [1.807, 2.05) is 51.1 Å². The second-order valence-corrected chi connectivity index (χ2v) is 6.27. The first-order chi connectivity index (χ1) is 8.37. The summed E-state index contributed by atoms with van der Waals surface area (Å²) >= 11 is 1.66. The van der Waals surface area contributed by atoms with Crippen molar-refractivity contribution < 1.29 is 9.53 Å². The zero-order valence-electron chi connectivity index (χ0n) is 11.2. The van der Waals surface area contributed by atoms with Crippen molar-refractivity contribution in [1.29, 1.82) is 0 Å². The summed E-state index contributed by atoms with van der Waals surface area (Å²) in [5, 5.41) is 0. The van der Waals surface area contributed by atoms with Crippen molar-refractivity contribution in [1.82, 2.24) is 0 Å². The number of carbonyl (C=O) groups is 1. The van der Waals surface area contributed by atoms with Crippen molar-refractivity contribution >= 4 is 17.7 Å². The Morgan fingerprint density at radius 2 is 1.94 bits per heavy atom. The van der Waals surface area contributed by atoms with Gasteiger partial charge in [-0.1, -0.05) is 18.2 Å². The quantitative estimate of drug-likeness (QED) is 0.658. The van der Waals surface area contributed by atoms with Crippen molar-refractivity contribution in [3.63, 3.8) is 0 Å². The van der Waals surface area contributed by atoms with E-state index >= 15 is 0 Å². The van der Waals surface area contributed by atoms with Crippen LogP contribution < -0.4 is 5.73 Å². The number of nitrogens with two attached hydrogens (primary N) is 1. The number of hydrogen-bond donors (Lipinski definition) is 1. The molecule has 0 fully saturated rings. The van der Waals surface area contributed by atoms with Crippen LogP contribution in [-0.4, -0.2) is 23.4 Å². The standard InChI is InChI=1S/C14H21NO2S/c1-14(2,3)17-13(16)9-11(15)10-18-12-7-5-4-6-8-12/h4-8,11H,9-10,15H2,1-3H3/t11-/m1/s1. The Balaban J connectivity index is 2.29. The van der Waals surface area contributed by atoms with Crippen LogP contribution in [0.15, 0.2) is 35.2 Å². The van der Waals surface area contributed by atoms with Gasteiger partial charge >= 0.3 is 5.97 Å². The summed E-state index contributed by atoms with van der Waals surface area (Å²) in [6.07, 6.45) is 0.261. The van der Waals surface area contributed by atoms with E-state index in [-0.39, 0.29) is 18.4 Å². The van der Waals surface area contributed by atoms with Crippen molar-refractivity contribution in [2.24, 2.45) is 5.73 Å². The summed E-state index contributed by atoms with van der Waals surface area (Å²) in [6, 6.07) is 9.84. The van der Waals surface area contributed by atoms with Gasteiger partial charge in [-0.3, -0.25) is 4.79 Å². The smallest absolute Gasteiger partial charge is 0.307 e. The molecule has 1 aromatic rings. The second-order valence-electron chi connectivity index (χ2n) is 5.17. The lowest BCUT2D eigenvalue weighted by atomic mass is 10.2. The minimum absolute atomic E-state index is 0.176. The van der Waals surface area contributed by atoms with Crippen molar-refractivity contribution in [2.75, 3.05) is 5.75 Å². The molecule has 0 heterocycles. The van der Waals surface area contributed by atoms with E-state index in [1.165, 1.54) is 0 Å². The number of thioether (sulfide) groups is 1. The lowest BCUT2D eigenvalue weighted by Gasteiger charge is -2.20. The predicted molar refractivity (Wildman–Crippen MR) is 75.6 cm³/mol. The van der Waals surface area contributed by atoms with Crippen LogP contribution in [0.5, 0.6) is 0 Å². The van der Waals surface area contributed by atoms with E-state index < -0.39 is 5.60 Å². The maximum absolute atomic E-state index is 11.6. The van der Waals surface area contributed by atoms with Crippen molar-refractivity contribution in [3.8, 4) is 0 Å². The number of ether oxygens (including phenoxy) is 1. The summed E-state index contributed by atoms with van der Waals surface area (Å²) < 4.78 is 5.23. The summed E-state index contributed by atoms with van der Waals surface area (Å²) in [5.74, 6) is 0.479. The molecule has 0 aromatic heterocycles. The molecule has 0 unspecified atom stereocenters. The Labute approximate surface area is 113 Å². The molecule has 0 amide bonds. The van der Waals surface area contributed by atoms with Gasteiger partial charge in [0.1, 0.15) is 5.60 Å². The third kappa shape index (κ3) is 6.67. The molecule has 0 saturated carbocycles. The third-order valence-electron chi connectivity index (χ3n) is 2.06. The Morgan fingerprint density at radius 3 is 2.50 bits per heavy atom. The minimum Gasteiger partial charge on any atom is -0.460 e. The Morgan fingerprint density at radius 1 is 1.33 bits per heavy atom. The van der Waals surface area contributed by atoms with Crippen LogP contribution in [0.25, 0.3) is 0 Å². The lowest BCUT2D eigenvalue weighted by Crippen LogP contribution is -2.31. The monoisotopic (exact) mass is 267 g/mol. The Hall–Kier alpha value is -1.00. The van der Waals surface area contributed by atoms with E-state index in [0.29, 0.717) is 5.75 Å². The molecule has 4 heteroatoms. The fourth-order valence-electron chi connectivity index (χ4n) is 1.38. The average Bonchev–Trinajstić information content (AvgIpc) is 2.25. The fraction of sp³-hybridized carbons (Fsp3) is 0.500. The van der Waals surface area contributed by atoms with E-state index in [4.69, 9.17) is 10.5 Å². The molecule has 0 spiro atoms. The SMILES string of the molecule is CC(C)(C)OC(=O)C[C@@H](N)CSc1ccccc1. The molecule has 0 aliphatic rings. The van der Waals surface area contributed by atoms with Gasteiger partial charge in [0.2, 0.25) is 0 Å². The van der Waals surface area contributed by atoms with E-state index in [2.05, 4.69) is 0 Å². The largest absolute Gasteiger partial charge is 0.460 e. The average molecular weight is 267 g/mol. The van der Waals surface area contributed by atoms with E-state index in [1.54, 1.807) is 11.8 Å². The number of carbonyl (C=O) groups excluding carboxylic acids is 1. The molecule has 18 heavy (non-hydrogen) atoms. The summed E-state index contributed by atoms with van der Waals surface area (Å²) in [5.41, 5.74) is 5.48. The highest BCUT2D eigenvalue weighted by Crippen LogP contribution is 2.18.